The summed E-state index contributed by atoms with van der Waals surface area (Å²) in [5.41, 5.74) is 1.43. The van der Waals surface area contributed by atoms with Crippen molar-refractivity contribution in [2.45, 2.75) is 6.92 Å². The maximum absolute atomic E-state index is 13.8. The number of ether oxygens (including phenoxy) is 1. The third-order valence-corrected chi connectivity index (χ3v) is 6.31. The molecule has 0 atom stereocenters. The van der Waals surface area contributed by atoms with Gasteiger partial charge in [0.05, 0.1) is 18.5 Å². The van der Waals surface area contributed by atoms with Gasteiger partial charge in [0, 0.05) is 5.39 Å². The van der Waals surface area contributed by atoms with Crippen LogP contribution >= 0.6 is 0 Å². The van der Waals surface area contributed by atoms with Crippen molar-refractivity contribution in [3.63, 3.8) is 0 Å². The molecule has 0 bridgehead atoms. The molecule has 1 fully saturated rings. The summed E-state index contributed by atoms with van der Waals surface area (Å²) < 4.78 is 5.11. The van der Waals surface area contributed by atoms with Gasteiger partial charge < -0.3 is 9.84 Å². The molecule has 5 rings (SSSR count). The van der Waals surface area contributed by atoms with E-state index in [9.17, 15) is 24.3 Å². The summed E-state index contributed by atoms with van der Waals surface area (Å²) in [5.74, 6) is -2.72. The van der Waals surface area contributed by atoms with Crippen LogP contribution in [0.3, 0.4) is 0 Å². The Morgan fingerprint density at radius 1 is 0.842 bits per heavy atom. The SMILES string of the molecule is COc1ccc(/C=C2\C(=O)N(c3ccc(C)cc3)C(=O)N(c3cccc4ccccc34)C2=O)cc1C(=O)O. The average molecular weight is 507 g/mol. The molecule has 38 heavy (non-hydrogen) atoms. The van der Waals surface area contributed by atoms with Crippen LogP contribution in [0.2, 0.25) is 0 Å². The topological polar surface area (TPSA) is 104 Å². The van der Waals surface area contributed by atoms with E-state index >= 15 is 0 Å². The standard InChI is InChI=1S/C30H22N2O6/c1-18-10-13-21(14-11-18)31-27(33)24(17-19-12-15-26(38-2)23(16-19)29(35)36)28(34)32(30(31)37)25-9-5-7-20-6-3-4-8-22(20)25/h3-17H,1-2H3,(H,35,36)/b24-17+. The Bertz CT molecular complexity index is 1650. The molecule has 1 N–H and O–H groups in total. The average Bonchev–Trinajstić information content (AvgIpc) is 2.92. The number of benzene rings is 4. The molecule has 8 nitrogen and oxygen atoms in total. The van der Waals surface area contributed by atoms with E-state index in [0.29, 0.717) is 16.8 Å². The molecule has 0 spiro atoms. The van der Waals surface area contributed by atoms with Crippen molar-refractivity contribution in [1.82, 2.24) is 0 Å². The van der Waals surface area contributed by atoms with E-state index < -0.39 is 23.8 Å². The minimum atomic E-state index is -1.22. The number of amides is 4. The number of imide groups is 2. The smallest absolute Gasteiger partial charge is 0.343 e. The first-order chi connectivity index (χ1) is 18.3. The quantitative estimate of drug-likeness (QED) is 0.286. The Hall–Kier alpha value is -5.24. The van der Waals surface area contributed by atoms with Gasteiger partial charge in [-0.05, 0) is 54.3 Å². The van der Waals surface area contributed by atoms with Crippen molar-refractivity contribution < 1.29 is 29.0 Å². The fourth-order valence-electron chi connectivity index (χ4n) is 4.42. The maximum Gasteiger partial charge on any atom is 0.343 e. The summed E-state index contributed by atoms with van der Waals surface area (Å²) in [4.78, 5) is 54.9. The van der Waals surface area contributed by atoms with Crippen LogP contribution in [0.25, 0.3) is 16.8 Å². The zero-order valence-corrected chi connectivity index (χ0v) is 20.5. The van der Waals surface area contributed by atoms with Gasteiger partial charge in [-0.2, -0.15) is 0 Å². The van der Waals surface area contributed by atoms with Crippen LogP contribution in [0.15, 0.2) is 90.5 Å². The van der Waals surface area contributed by atoms with E-state index in [4.69, 9.17) is 4.74 Å². The molecule has 0 unspecified atom stereocenters. The first-order valence-corrected chi connectivity index (χ1v) is 11.7. The van der Waals surface area contributed by atoms with E-state index in [1.807, 2.05) is 25.1 Å². The summed E-state index contributed by atoms with van der Waals surface area (Å²) >= 11 is 0. The number of anilines is 2. The van der Waals surface area contributed by atoms with E-state index in [-0.39, 0.29) is 22.4 Å². The van der Waals surface area contributed by atoms with Crippen molar-refractivity contribution in [2.75, 3.05) is 16.9 Å². The number of carbonyl (C=O) groups excluding carboxylic acids is 3. The lowest BCUT2D eigenvalue weighted by Gasteiger charge is -2.34. The summed E-state index contributed by atoms with van der Waals surface area (Å²) in [6, 6.07) is 22.8. The Labute approximate surface area is 218 Å². The van der Waals surface area contributed by atoms with Crippen LogP contribution in [0.1, 0.15) is 21.5 Å². The van der Waals surface area contributed by atoms with Crippen molar-refractivity contribution in [3.05, 3.63) is 107 Å². The molecule has 0 radical (unpaired) electrons. The predicted octanol–water partition coefficient (Wildman–Crippen LogP) is 5.44. The number of carboxylic acids is 1. The Morgan fingerprint density at radius 2 is 1.53 bits per heavy atom. The molecule has 0 saturated carbocycles. The van der Waals surface area contributed by atoms with Crippen LogP contribution in [0.4, 0.5) is 16.2 Å². The van der Waals surface area contributed by atoms with Gasteiger partial charge in [-0.15, -0.1) is 0 Å². The van der Waals surface area contributed by atoms with Gasteiger partial charge in [-0.25, -0.2) is 19.4 Å². The van der Waals surface area contributed by atoms with Crippen molar-refractivity contribution >= 4 is 52.0 Å². The first-order valence-electron chi connectivity index (χ1n) is 11.7. The van der Waals surface area contributed by atoms with E-state index in [1.54, 1.807) is 48.5 Å². The summed E-state index contributed by atoms with van der Waals surface area (Å²) in [6.07, 6.45) is 1.29. The number of methoxy groups -OCH3 is 1. The van der Waals surface area contributed by atoms with Gasteiger partial charge >= 0.3 is 12.0 Å². The monoisotopic (exact) mass is 506 g/mol. The molecule has 0 aliphatic carbocycles. The second kappa shape index (κ2) is 9.67. The molecule has 1 saturated heterocycles. The summed E-state index contributed by atoms with van der Waals surface area (Å²) in [5, 5.41) is 11.0. The van der Waals surface area contributed by atoms with Gasteiger partial charge in [-0.1, -0.05) is 60.2 Å². The van der Waals surface area contributed by atoms with Crippen LogP contribution in [-0.4, -0.2) is 36.0 Å². The van der Waals surface area contributed by atoms with Crippen molar-refractivity contribution in [2.24, 2.45) is 0 Å². The second-order valence-electron chi connectivity index (χ2n) is 8.72. The Balaban J connectivity index is 1.71. The van der Waals surface area contributed by atoms with Crippen molar-refractivity contribution in [1.29, 1.82) is 0 Å². The molecule has 1 aliphatic rings. The fraction of sp³-hybridized carbons (Fsp3) is 0.0667. The van der Waals surface area contributed by atoms with Crippen LogP contribution < -0.4 is 14.5 Å². The molecular formula is C30H22N2O6. The number of aromatic carboxylic acids is 1. The molecule has 188 valence electrons. The number of hydrogen-bond acceptors (Lipinski definition) is 5. The summed E-state index contributed by atoms with van der Waals surface area (Å²) in [7, 11) is 1.35. The van der Waals surface area contributed by atoms with Gasteiger partial charge in [0.15, 0.2) is 0 Å². The summed E-state index contributed by atoms with van der Waals surface area (Å²) in [6.45, 7) is 1.88. The number of barbiturate groups is 1. The van der Waals surface area contributed by atoms with E-state index in [1.165, 1.54) is 31.4 Å². The highest BCUT2D eigenvalue weighted by atomic mass is 16.5. The molecule has 0 aromatic heterocycles. The van der Waals surface area contributed by atoms with Crippen LogP contribution in [0.5, 0.6) is 5.75 Å². The number of nitrogens with zero attached hydrogens (tertiary/aromatic N) is 2. The largest absolute Gasteiger partial charge is 0.496 e. The highest BCUT2D eigenvalue weighted by Gasteiger charge is 2.44. The van der Waals surface area contributed by atoms with Crippen LogP contribution in [0, 0.1) is 6.92 Å². The van der Waals surface area contributed by atoms with Gasteiger partial charge in [0.1, 0.15) is 16.9 Å². The highest BCUT2D eigenvalue weighted by molar-refractivity contribution is 6.46. The molecule has 8 heteroatoms. The Kier molecular flexibility index (Phi) is 6.22. The first kappa shape index (κ1) is 24.5. The van der Waals surface area contributed by atoms with E-state index in [2.05, 4.69) is 0 Å². The molecule has 4 aromatic carbocycles. The number of hydrogen-bond donors (Lipinski definition) is 1. The lowest BCUT2D eigenvalue weighted by molar-refractivity contribution is -0.121. The number of fused-ring (bicyclic) bond motifs is 1. The fourth-order valence-corrected chi connectivity index (χ4v) is 4.42. The molecule has 4 amide bonds. The minimum Gasteiger partial charge on any atom is -0.496 e. The molecule has 1 aliphatic heterocycles. The van der Waals surface area contributed by atoms with Crippen molar-refractivity contribution in [3.8, 4) is 5.75 Å². The number of carbonyl (C=O) groups is 4. The Morgan fingerprint density at radius 3 is 2.24 bits per heavy atom. The number of rotatable bonds is 5. The van der Waals surface area contributed by atoms with Gasteiger partial charge in [0.2, 0.25) is 0 Å². The van der Waals surface area contributed by atoms with Gasteiger partial charge in [0.25, 0.3) is 11.8 Å². The highest BCUT2D eigenvalue weighted by Crippen LogP contribution is 2.34. The second-order valence-corrected chi connectivity index (χ2v) is 8.72. The third-order valence-electron chi connectivity index (χ3n) is 6.31. The minimum absolute atomic E-state index is 0.130. The van der Waals surface area contributed by atoms with E-state index in [0.717, 1.165) is 20.7 Å². The van der Waals surface area contributed by atoms with Gasteiger partial charge in [-0.3, -0.25) is 9.59 Å². The lowest BCUT2D eigenvalue weighted by Crippen LogP contribution is -2.57. The zero-order valence-electron chi connectivity index (χ0n) is 20.5. The molecular weight excluding hydrogens is 484 g/mol. The maximum atomic E-state index is 13.8. The third kappa shape index (κ3) is 4.18. The molecule has 1 heterocycles. The number of urea groups is 1. The number of aryl methyl sites for hydroxylation is 1. The number of carboxylic acid groups (broad SMARTS) is 1. The predicted molar refractivity (Wildman–Crippen MR) is 143 cm³/mol. The van der Waals surface area contributed by atoms with Crippen LogP contribution in [-0.2, 0) is 9.59 Å². The lowest BCUT2D eigenvalue weighted by atomic mass is 10.0. The zero-order chi connectivity index (χ0) is 27.0. The molecule has 4 aromatic rings. The normalized spacial score (nSPS) is 14.9.